The molecular formula is C4H6F. The Hall–Kier alpha value is -0.330. The molecule has 0 aliphatic rings. The van der Waals surface area contributed by atoms with Crippen molar-refractivity contribution in [3.63, 3.8) is 0 Å². The van der Waals surface area contributed by atoms with Gasteiger partial charge in [-0.3, -0.25) is 0 Å². The van der Waals surface area contributed by atoms with E-state index in [0.29, 0.717) is 0 Å². The molecule has 0 aliphatic heterocycles. The Kier molecular flexibility index (Phi) is 1.81. The molecule has 0 aromatic rings. The van der Waals surface area contributed by atoms with Crippen LogP contribution in [0.15, 0.2) is 12.4 Å². The molecule has 0 saturated heterocycles. The maximum absolute atomic E-state index is 11.2. The first-order valence-corrected chi connectivity index (χ1v) is 1.40. The monoisotopic (exact) mass is 73.0 g/mol. The van der Waals surface area contributed by atoms with Crippen molar-refractivity contribution < 1.29 is 4.39 Å². The van der Waals surface area contributed by atoms with Crippen LogP contribution in [0.2, 0.25) is 0 Å². The molecule has 0 unspecified atom stereocenters. The highest BCUT2D eigenvalue weighted by Crippen LogP contribution is 1.92. The summed E-state index contributed by atoms with van der Waals surface area (Å²) >= 11 is 0. The second-order valence-corrected chi connectivity index (χ2v) is 0.767. The highest BCUT2D eigenvalue weighted by molar-refractivity contribution is 4.79. The van der Waals surface area contributed by atoms with E-state index in [4.69, 9.17) is 0 Å². The molecule has 0 fully saturated rings. The van der Waals surface area contributed by atoms with Gasteiger partial charge in [-0.05, 0) is 13.3 Å². The van der Waals surface area contributed by atoms with Crippen LogP contribution in [0.4, 0.5) is 4.39 Å². The molecule has 1 heteroatoms. The third-order valence-electron chi connectivity index (χ3n) is 0.271. The van der Waals surface area contributed by atoms with Gasteiger partial charge in [-0.1, -0.05) is 6.58 Å². The van der Waals surface area contributed by atoms with Crippen LogP contribution in [-0.2, 0) is 0 Å². The van der Waals surface area contributed by atoms with Gasteiger partial charge in [0.1, 0.15) is 0 Å². The average molecular weight is 73.1 g/mol. The van der Waals surface area contributed by atoms with Crippen molar-refractivity contribution in [1.29, 1.82) is 0 Å². The summed E-state index contributed by atoms with van der Waals surface area (Å²) in [6.07, 6.45) is 0.194. The topological polar surface area (TPSA) is 0 Å². The predicted molar refractivity (Wildman–Crippen MR) is 20.2 cm³/mol. The quantitative estimate of drug-likeness (QED) is 0.443. The van der Waals surface area contributed by atoms with E-state index >= 15 is 0 Å². The van der Waals surface area contributed by atoms with E-state index in [1.807, 2.05) is 0 Å². The summed E-state index contributed by atoms with van der Waals surface area (Å²) in [7, 11) is 0. The molecule has 0 atom stereocenters. The molecule has 0 rings (SSSR count). The van der Waals surface area contributed by atoms with Gasteiger partial charge in [0.15, 0.2) is 0 Å². The number of allylic oxidation sites excluding steroid dienone is 1. The van der Waals surface area contributed by atoms with Gasteiger partial charge in [-0.2, -0.15) is 0 Å². The van der Waals surface area contributed by atoms with Crippen molar-refractivity contribution in [3.8, 4) is 0 Å². The number of hydrogen-bond donors (Lipinski definition) is 0. The van der Waals surface area contributed by atoms with Crippen LogP contribution in [-0.4, -0.2) is 0 Å². The summed E-state index contributed by atoms with van der Waals surface area (Å²) in [5.74, 6) is -0.356. The fraction of sp³-hybridized carbons (Fsp3) is 0.250. The first-order valence-electron chi connectivity index (χ1n) is 1.40. The molecular weight excluding hydrogens is 67.0 g/mol. The average Bonchev–Trinajstić information content (AvgIpc) is 1.38. The van der Waals surface area contributed by atoms with Gasteiger partial charge < -0.3 is 0 Å². The SMILES string of the molecule is [CH2]CC(=C)F. The molecule has 0 N–H and O–H groups in total. The van der Waals surface area contributed by atoms with Crippen LogP contribution in [0.3, 0.4) is 0 Å². The fourth-order valence-electron chi connectivity index (χ4n) is 0. The first-order chi connectivity index (χ1) is 2.27. The van der Waals surface area contributed by atoms with Crippen molar-refractivity contribution in [1.82, 2.24) is 0 Å². The molecule has 0 aromatic heterocycles. The van der Waals surface area contributed by atoms with Gasteiger partial charge in [0, 0.05) is 0 Å². The van der Waals surface area contributed by atoms with Gasteiger partial charge in [0.25, 0.3) is 0 Å². The Morgan fingerprint density at radius 2 is 2.00 bits per heavy atom. The zero-order valence-electron chi connectivity index (χ0n) is 3.00. The molecule has 0 amide bonds. The fourth-order valence-corrected chi connectivity index (χ4v) is 0. The van der Waals surface area contributed by atoms with Crippen molar-refractivity contribution in [3.05, 3.63) is 19.3 Å². The minimum Gasteiger partial charge on any atom is -0.212 e. The highest BCUT2D eigenvalue weighted by Gasteiger charge is 1.74. The van der Waals surface area contributed by atoms with Crippen LogP contribution >= 0.6 is 0 Å². The lowest BCUT2D eigenvalue weighted by Crippen LogP contribution is -1.56. The minimum absolute atomic E-state index is 0.194. The van der Waals surface area contributed by atoms with E-state index < -0.39 is 0 Å². The molecule has 0 nitrogen and oxygen atoms in total. The Labute approximate surface area is 31.3 Å². The van der Waals surface area contributed by atoms with E-state index in [-0.39, 0.29) is 12.2 Å². The first kappa shape index (κ1) is 4.67. The summed E-state index contributed by atoms with van der Waals surface area (Å²) in [6.45, 7) is 6.16. The van der Waals surface area contributed by atoms with Gasteiger partial charge in [0.2, 0.25) is 0 Å². The lowest BCUT2D eigenvalue weighted by atomic mass is 10.5. The second-order valence-electron chi connectivity index (χ2n) is 0.767. The zero-order valence-corrected chi connectivity index (χ0v) is 3.00. The van der Waals surface area contributed by atoms with Crippen LogP contribution in [0.25, 0.3) is 0 Å². The van der Waals surface area contributed by atoms with Gasteiger partial charge >= 0.3 is 0 Å². The smallest absolute Gasteiger partial charge is 0.0928 e. The van der Waals surface area contributed by atoms with Gasteiger partial charge in [-0.25, -0.2) is 4.39 Å². The zero-order chi connectivity index (χ0) is 4.28. The molecule has 0 aliphatic carbocycles. The Bertz CT molecular complexity index is 38.9. The maximum Gasteiger partial charge on any atom is 0.0928 e. The standard InChI is InChI=1S/C4H6F/c1-3-4(2)5/h1-3H2. The summed E-state index contributed by atoms with van der Waals surface area (Å²) < 4.78 is 11.2. The van der Waals surface area contributed by atoms with Gasteiger partial charge in [-0.15, -0.1) is 0 Å². The normalized spacial score (nSPS) is 7.60. The number of rotatable bonds is 1. The molecule has 0 bridgehead atoms. The summed E-state index contributed by atoms with van der Waals surface area (Å²) in [4.78, 5) is 0. The summed E-state index contributed by atoms with van der Waals surface area (Å²) in [5.41, 5.74) is 0. The maximum atomic E-state index is 11.2. The highest BCUT2D eigenvalue weighted by atomic mass is 19.1. The van der Waals surface area contributed by atoms with Gasteiger partial charge in [0.05, 0.1) is 5.83 Å². The molecule has 0 saturated carbocycles. The van der Waals surface area contributed by atoms with Crippen molar-refractivity contribution in [2.45, 2.75) is 6.42 Å². The lowest BCUT2D eigenvalue weighted by Gasteiger charge is -1.74. The summed E-state index contributed by atoms with van der Waals surface area (Å²) in [5, 5.41) is 0. The molecule has 0 spiro atoms. The molecule has 0 aromatic carbocycles. The van der Waals surface area contributed by atoms with Crippen molar-refractivity contribution in [2.75, 3.05) is 0 Å². The van der Waals surface area contributed by atoms with E-state index in [2.05, 4.69) is 13.5 Å². The van der Waals surface area contributed by atoms with Crippen molar-refractivity contribution in [2.24, 2.45) is 0 Å². The van der Waals surface area contributed by atoms with Crippen LogP contribution in [0.1, 0.15) is 6.42 Å². The Balaban J connectivity index is 2.85. The van der Waals surface area contributed by atoms with Crippen LogP contribution in [0, 0.1) is 6.92 Å². The van der Waals surface area contributed by atoms with E-state index in [1.54, 1.807) is 0 Å². The predicted octanol–water partition coefficient (Wildman–Crippen LogP) is 1.69. The molecule has 29 valence electrons. The molecule has 1 radical (unpaired) electrons. The molecule has 0 heterocycles. The Morgan fingerprint density at radius 1 is 1.80 bits per heavy atom. The lowest BCUT2D eigenvalue weighted by molar-refractivity contribution is 0.621. The van der Waals surface area contributed by atoms with E-state index in [9.17, 15) is 4.39 Å². The third kappa shape index (κ3) is 3.67. The summed E-state index contributed by atoms with van der Waals surface area (Å²) in [6, 6.07) is 0. The third-order valence-corrected chi connectivity index (χ3v) is 0.271. The van der Waals surface area contributed by atoms with Crippen LogP contribution in [0.5, 0.6) is 0 Å². The van der Waals surface area contributed by atoms with E-state index in [1.165, 1.54) is 0 Å². The largest absolute Gasteiger partial charge is 0.212 e. The second kappa shape index (κ2) is 1.94. The molecule has 5 heavy (non-hydrogen) atoms. The number of hydrogen-bond acceptors (Lipinski definition) is 0. The minimum atomic E-state index is -0.356. The van der Waals surface area contributed by atoms with E-state index in [0.717, 1.165) is 0 Å². The number of halogens is 1. The van der Waals surface area contributed by atoms with Crippen LogP contribution < -0.4 is 0 Å². The Morgan fingerprint density at radius 3 is 2.00 bits per heavy atom. The van der Waals surface area contributed by atoms with Crippen molar-refractivity contribution >= 4 is 0 Å².